The summed E-state index contributed by atoms with van der Waals surface area (Å²) < 4.78 is 6.32. The van der Waals surface area contributed by atoms with E-state index in [1.807, 2.05) is 36.4 Å². The fourth-order valence-corrected chi connectivity index (χ4v) is 2.64. The summed E-state index contributed by atoms with van der Waals surface area (Å²) in [6.45, 7) is 4.06. The Morgan fingerprint density at radius 1 is 1.32 bits per heavy atom. The Hall–Kier alpha value is -2.02. The molecule has 0 heterocycles. The fourth-order valence-electron chi connectivity index (χ4n) is 1.89. The summed E-state index contributed by atoms with van der Waals surface area (Å²) >= 11 is 9.61. The van der Waals surface area contributed by atoms with Gasteiger partial charge in [0.2, 0.25) is 0 Å². The van der Waals surface area contributed by atoms with E-state index < -0.39 is 0 Å². The summed E-state index contributed by atoms with van der Waals surface area (Å²) in [7, 11) is 0. The van der Waals surface area contributed by atoms with Crippen molar-refractivity contribution in [2.75, 3.05) is 6.61 Å². The van der Waals surface area contributed by atoms with Crippen LogP contribution in [0, 0.1) is 11.3 Å². The van der Waals surface area contributed by atoms with Crippen LogP contribution >= 0.6 is 27.5 Å². The second-order valence-corrected chi connectivity index (χ2v) is 5.70. The Labute approximate surface area is 143 Å². The van der Waals surface area contributed by atoms with E-state index in [4.69, 9.17) is 16.3 Å². The van der Waals surface area contributed by atoms with Gasteiger partial charge in [0.1, 0.15) is 12.4 Å². The molecule has 0 bridgehead atoms. The van der Waals surface area contributed by atoms with Gasteiger partial charge in [0, 0.05) is 10.6 Å². The summed E-state index contributed by atoms with van der Waals surface area (Å²) in [6.07, 6.45) is 3.48. The maximum absolute atomic E-state index is 9.38. The second-order valence-electron chi connectivity index (χ2n) is 4.44. The molecular formula is C18H13BrClNO. The molecule has 2 aromatic rings. The number of halogens is 2. The van der Waals surface area contributed by atoms with E-state index in [9.17, 15) is 5.26 Å². The topological polar surface area (TPSA) is 33.0 Å². The third-order valence-electron chi connectivity index (χ3n) is 2.91. The van der Waals surface area contributed by atoms with Crippen LogP contribution in [0.2, 0.25) is 5.02 Å². The van der Waals surface area contributed by atoms with Gasteiger partial charge in [0.25, 0.3) is 0 Å². The third-order valence-corrected chi connectivity index (χ3v) is 3.86. The van der Waals surface area contributed by atoms with Gasteiger partial charge in [0.15, 0.2) is 0 Å². The number of benzene rings is 2. The highest BCUT2D eigenvalue weighted by Gasteiger charge is 2.07. The monoisotopic (exact) mass is 373 g/mol. The quantitative estimate of drug-likeness (QED) is 0.380. The zero-order valence-electron chi connectivity index (χ0n) is 11.7. The minimum Gasteiger partial charge on any atom is -0.488 e. The van der Waals surface area contributed by atoms with Gasteiger partial charge in [-0.1, -0.05) is 48.5 Å². The van der Waals surface area contributed by atoms with Gasteiger partial charge >= 0.3 is 0 Å². The molecule has 22 heavy (non-hydrogen) atoms. The van der Waals surface area contributed by atoms with Crippen molar-refractivity contribution in [2.24, 2.45) is 0 Å². The molecule has 0 spiro atoms. The summed E-state index contributed by atoms with van der Waals surface area (Å²) in [5.74, 6) is 0.730. The number of rotatable bonds is 5. The normalized spacial score (nSPS) is 10.9. The van der Waals surface area contributed by atoms with Crippen LogP contribution in [-0.4, -0.2) is 6.61 Å². The molecule has 0 saturated carbocycles. The average molecular weight is 375 g/mol. The van der Waals surface area contributed by atoms with Crippen molar-refractivity contribution in [3.05, 3.63) is 75.7 Å². The molecule has 0 aliphatic rings. The molecule has 0 saturated heterocycles. The van der Waals surface area contributed by atoms with Crippen molar-refractivity contribution in [2.45, 2.75) is 0 Å². The zero-order chi connectivity index (χ0) is 15.9. The second kappa shape index (κ2) is 7.84. The number of nitriles is 1. The van der Waals surface area contributed by atoms with Gasteiger partial charge in [-0.3, -0.25) is 0 Å². The highest BCUT2D eigenvalue weighted by Crippen LogP contribution is 2.29. The molecule has 0 N–H and O–H groups in total. The van der Waals surface area contributed by atoms with Crippen LogP contribution < -0.4 is 4.74 Å². The van der Waals surface area contributed by atoms with Crippen molar-refractivity contribution >= 4 is 39.2 Å². The first kappa shape index (κ1) is 16.4. The molecular weight excluding hydrogens is 362 g/mol. The van der Waals surface area contributed by atoms with Crippen LogP contribution in [0.1, 0.15) is 11.1 Å². The zero-order valence-corrected chi connectivity index (χ0v) is 14.1. The maximum Gasteiger partial charge on any atom is 0.133 e. The number of nitrogens with zero attached hydrogens (tertiary/aromatic N) is 1. The van der Waals surface area contributed by atoms with Gasteiger partial charge in [0.05, 0.1) is 16.1 Å². The lowest BCUT2D eigenvalue weighted by Crippen LogP contribution is -1.93. The van der Waals surface area contributed by atoms with E-state index in [1.54, 1.807) is 18.2 Å². The largest absolute Gasteiger partial charge is 0.488 e. The molecule has 0 radical (unpaired) electrons. The minimum atomic E-state index is 0.441. The van der Waals surface area contributed by atoms with Crippen LogP contribution in [-0.2, 0) is 0 Å². The lowest BCUT2D eigenvalue weighted by molar-refractivity contribution is 0.361. The van der Waals surface area contributed by atoms with Crippen LogP contribution in [0.25, 0.3) is 11.6 Å². The Morgan fingerprint density at radius 2 is 2.09 bits per heavy atom. The van der Waals surface area contributed by atoms with E-state index in [1.165, 1.54) is 0 Å². The molecule has 0 atom stereocenters. The Bertz CT molecular complexity index is 762. The molecule has 0 aromatic heterocycles. The Morgan fingerprint density at radius 3 is 2.73 bits per heavy atom. The van der Waals surface area contributed by atoms with E-state index >= 15 is 0 Å². The molecule has 4 heteroatoms. The number of hydrogen-bond donors (Lipinski definition) is 0. The third kappa shape index (κ3) is 4.00. The average Bonchev–Trinajstić information content (AvgIpc) is 2.52. The minimum absolute atomic E-state index is 0.441. The molecule has 0 amide bonds. The Kier molecular flexibility index (Phi) is 5.83. The summed E-state index contributed by atoms with van der Waals surface area (Å²) in [4.78, 5) is 0. The molecule has 0 aliphatic heterocycles. The van der Waals surface area contributed by atoms with Gasteiger partial charge < -0.3 is 4.74 Å². The van der Waals surface area contributed by atoms with E-state index in [-0.39, 0.29) is 0 Å². The van der Waals surface area contributed by atoms with Crippen molar-refractivity contribution in [1.29, 1.82) is 5.26 Å². The molecule has 2 rings (SSSR count). The molecule has 0 unspecified atom stereocenters. The number of ether oxygens (including phenoxy) is 1. The van der Waals surface area contributed by atoms with Crippen molar-refractivity contribution < 1.29 is 4.74 Å². The van der Waals surface area contributed by atoms with Crippen molar-refractivity contribution in [3.8, 4) is 11.8 Å². The predicted octanol–water partition coefficient (Wildman–Crippen LogP) is 5.73. The van der Waals surface area contributed by atoms with Gasteiger partial charge in [-0.2, -0.15) is 5.26 Å². The van der Waals surface area contributed by atoms with Crippen LogP contribution in [0.3, 0.4) is 0 Å². The highest BCUT2D eigenvalue weighted by atomic mass is 79.9. The smallest absolute Gasteiger partial charge is 0.133 e. The molecule has 2 aromatic carbocycles. The van der Waals surface area contributed by atoms with E-state index in [0.29, 0.717) is 17.2 Å². The fraction of sp³-hybridized carbons (Fsp3) is 0.0556. The van der Waals surface area contributed by atoms with Gasteiger partial charge in [-0.25, -0.2) is 0 Å². The molecule has 0 fully saturated rings. The summed E-state index contributed by atoms with van der Waals surface area (Å²) in [5, 5.41) is 9.94. The molecule has 110 valence electrons. The van der Waals surface area contributed by atoms with Gasteiger partial charge in [-0.05, 0) is 45.8 Å². The first-order valence-corrected chi connectivity index (χ1v) is 7.72. The first-order valence-electron chi connectivity index (χ1n) is 6.55. The van der Waals surface area contributed by atoms with E-state index in [2.05, 4.69) is 28.6 Å². The van der Waals surface area contributed by atoms with Crippen LogP contribution in [0.15, 0.2) is 59.6 Å². The van der Waals surface area contributed by atoms with E-state index in [0.717, 1.165) is 21.3 Å². The van der Waals surface area contributed by atoms with Gasteiger partial charge in [-0.15, -0.1) is 0 Å². The lowest BCUT2D eigenvalue weighted by atomic mass is 10.0. The maximum atomic E-state index is 9.38. The van der Waals surface area contributed by atoms with Crippen molar-refractivity contribution in [3.63, 3.8) is 0 Å². The lowest BCUT2D eigenvalue weighted by Gasteiger charge is -2.07. The standard InChI is InChI=1S/C18H13BrClNO/c1-2-9-22-18-8-7-13(11-16(18)19)10-14(12-21)15-5-3-4-6-17(15)20/h2-8,10-11H,1,9H2. The molecule has 2 nitrogen and oxygen atoms in total. The SMILES string of the molecule is C=CCOc1ccc(C=C(C#N)c2ccccc2Cl)cc1Br. The number of allylic oxidation sites excluding steroid dienone is 1. The summed E-state index contributed by atoms with van der Waals surface area (Å²) in [5.41, 5.74) is 2.11. The Balaban J connectivity index is 2.35. The number of hydrogen-bond acceptors (Lipinski definition) is 2. The summed E-state index contributed by atoms with van der Waals surface area (Å²) in [6, 6.07) is 15.1. The van der Waals surface area contributed by atoms with Crippen LogP contribution in [0.4, 0.5) is 0 Å². The highest BCUT2D eigenvalue weighted by molar-refractivity contribution is 9.10. The van der Waals surface area contributed by atoms with Crippen LogP contribution in [0.5, 0.6) is 5.75 Å². The first-order chi connectivity index (χ1) is 10.7. The predicted molar refractivity (Wildman–Crippen MR) is 94.8 cm³/mol. The van der Waals surface area contributed by atoms with Crippen molar-refractivity contribution in [1.82, 2.24) is 0 Å². The molecule has 0 aliphatic carbocycles.